The van der Waals surface area contributed by atoms with Gasteiger partial charge >= 0.3 is 0 Å². The molecule has 0 spiro atoms. The molecule has 0 saturated carbocycles. The van der Waals surface area contributed by atoms with Crippen molar-refractivity contribution in [2.45, 2.75) is 41.0 Å². The maximum atomic E-state index is 12.9. The second-order valence-corrected chi connectivity index (χ2v) is 2.88. The standard InChI is InChI=1S/C10H13F.C2H6/c1-4-9-6-10(11)8(3)5-7(9)2;1-2/h5-6H,4H2,1-3H3;1-2H3. The molecule has 0 unspecified atom stereocenters. The van der Waals surface area contributed by atoms with Gasteiger partial charge in [0.15, 0.2) is 0 Å². The predicted molar refractivity (Wildman–Crippen MR) is 56.6 cm³/mol. The zero-order chi connectivity index (χ0) is 10.4. The molecule has 1 aromatic carbocycles. The van der Waals surface area contributed by atoms with Crippen LogP contribution in [0.2, 0.25) is 0 Å². The third-order valence-electron chi connectivity index (χ3n) is 2.00. The average molecular weight is 182 g/mol. The van der Waals surface area contributed by atoms with Gasteiger partial charge in [-0.15, -0.1) is 0 Å². The Balaban J connectivity index is 0.000000671. The van der Waals surface area contributed by atoms with Gasteiger partial charge in [0.25, 0.3) is 0 Å². The van der Waals surface area contributed by atoms with Gasteiger partial charge in [0, 0.05) is 0 Å². The number of aryl methyl sites for hydroxylation is 3. The molecule has 0 aliphatic heterocycles. The number of rotatable bonds is 1. The largest absolute Gasteiger partial charge is 0.207 e. The van der Waals surface area contributed by atoms with Gasteiger partial charge in [-0.1, -0.05) is 26.8 Å². The summed E-state index contributed by atoms with van der Waals surface area (Å²) in [5.74, 6) is -0.0903. The van der Waals surface area contributed by atoms with Crippen molar-refractivity contribution < 1.29 is 4.39 Å². The summed E-state index contributed by atoms with van der Waals surface area (Å²) in [5, 5.41) is 0. The van der Waals surface area contributed by atoms with E-state index in [0.717, 1.165) is 17.5 Å². The summed E-state index contributed by atoms with van der Waals surface area (Å²) in [4.78, 5) is 0. The van der Waals surface area contributed by atoms with Gasteiger partial charge in [-0.2, -0.15) is 0 Å². The summed E-state index contributed by atoms with van der Waals surface area (Å²) in [6, 6.07) is 3.53. The average Bonchev–Trinajstić information content (AvgIpc) is 2.15. The van der Waals surface area contributed by atoms with E-state index in [-0.39, 0.29) is 5.82 Å². The monoisotopic (exact) mass is 182 g/mol. The highest BCUT2D eigenvalue weighted by Gasteiger charge is 2.01. The van der Waals surface area contributed by atoms with Crippen LogP contribution in [0.1, 0.15) is 37.5 Å². The molecule has 1 rings (SSSR count). The Labute approximate surface area is 80.8 Å². The molecule has 13 heavy (non-hydrogen) atoms. The topological polar surface area (TPSA) is 0 Å². The first-order valence-corrected chi connectivity index (χ1v) is 4.90. The molecule has 1 heteroatoms. The van der Waals surface area contributed by atoms with Crippen LogP contribution in [0.5, 0.6) is 0 Å². The van der Waals surface area contributed by atoms with Crippen molar-refractivity contribution in [1.29, 1.82) is 0 Å². The summed E-state index contributed by atoms with van der Waals surface area (Å²) in [6.07, 6.45) is 0.906. The highest BCUT2D eigenvalue weighted by molar-refractivity contribution is 5.31. The minimum absolute atomic E-state index is 0.0903. The van der Waals surface area contributed by atoms with Crippen LogP contribution in [0, 0.1) is 19.7 Å². The van der Waals surface area contributed by atoms with Crippen LogP contribution in [0.4, 0.5) is 4.39 Å². The van der Waals surface area contributed by atoms with Gasteiger partial charge in [-0.05, 0) is 43.0 Å². The molecular weight excluding hydrogens is 163 g/mol. The van der Waals surface area contributed by atoms with Gasteiger partial charge in [-0.25, -0.2) is 4.39 Å². The molecule has 0 heterocycles. The first-order chi connectivity index (χ1) is 6.15. The van der Waals surface area contributed by atoms with Crippen molar-refractivity contribution in [3.8, 4) is 0 Å². The van der Waals surface area contributed by atoms with Crippen LogP contribution in [0.3, 0.4) is 0 Å². The number of halogens is 1. The molecule has 0 nitrogen and oxygen atoms in total. The Morgan fingerprint density at radius 1 is 1.08 bits per heavy atom. The third kappa shape index (κ3) is 3.17. The smallest absolute Gasteiger partial charge is 0.126 e. The van der Waals surface area contributed by atoms with Crippen LogP contribution in [-0.2, 0) is 6.42 Å². The molecule has 0 N–H and O–H groups in total. The van der Waals surface area contributed by atoms with E-state index in [0.29, 0.717) is 0 Å². The fourth-order valence-electron chi connectivity index (χ4n) is 1.25. The summed E-state index contributed by atoms with van der Waals surface area (Å²) >= 11 is 0. The lowest BCUT2D eigenvalue weighted by molar-refractivity contribution is 0.615. The SMILES string of the molecule is CC.CCc1cc(F)c(C)cc1C. The normalized spacial score (nSPS) is 9.08. The van der Waals surface area contributed by atoms with E-state index >= 15 is 0 Å². The Morgan fingerprint density at radius 2 is 1.62 bits per heavy atom. The minimum atomic E-state index is -0.0903. The molecule has 74 valence electrons. The highest BCUT2D eigenvalue weighted by Crippen LogP contribution is 2.14. The van der Waals surface area contributed by atoms with Gasteiger partial charge < -0.3 is 0 Å². The van der Waals surface area contributed by atoms with Crippen LogP contribution in [0.25, 0.3) is 0 Å². The van der Waals surface area contributed by atoms with Crippen molar-refractivity contribution >= 4 is 0 Å². The van der Waals surface area contributed by atoms with Crippen molar-refractivity contribution in [3.63, 3.8) is 0 Å². The van der Waals surface area contributed by atoms with Crippen LogP contribution in [-0.4, -0.2) is 0 Å². The lowest BCUT2D eigenvalue weighted by Gasteiger charge is -2.04. The predicted octanol–water partition coefficient (Wildman–Crippen LogP) is 4.03. The summed E-state index contributed by atoms with van der Waals surface area (Å²) in [6.45, 7) is 9.85. The number of hydrogen-bond donors (Lipinski definition) is 0. The van der Waals surface area contributed by atoms with Crippen molar-refractivity contribution in [3.05, 3.63) is 34.6 Å². The zero-order valence-electron chi connectivity index (χ0n) is 9.24. The second kappa shape index (κ2) is 5.74. The zero-order valence-corrected chi connectivity index (χ0v) is 9.24. The lowest BCUT2D eigenvalue weighted by atomic mass is 10.0. The quantitative estimate of drug-likeness (QED) is 0.615. The molecular formula is C12H19F. The molecule has 0 aromatic heterocycles. The molecule has 0 radical (unpaired) electrons. The summed E-state index contributed by atoms with van der Waals surface area (Å²) < 4.78 is 12.9. The lowest BCUT2D eigenvalue weighted by Crippen LogP contribution is -1.91. The van der Waals surface area contributed by atoms with E-state index in [1.165, 1.54) is 5.56 Å². The first kappa shape index (κ1) is 12.2. The van der Waals surface area contributed by atoms with E-state index in [9.17, 15) is 4.39 Å². The van der Waals surface area contributed by atoms with Gasteiger partial charge in [0.2, 0.25) is 0 Å². The third-order valence-corrected chi connectivity index (χ3v) is 2.00. The second-order valence-electron chi connectivity index (χ2n) is 2.88. The molecule has 1 aromatic rings. The minimum Gasteiger partial charge on any atom is -0.207 e. The highest BCUT2D eigenvalue weighted by atomic mass is 19.1. The molecule has 0 aliphatic carbocycles. The van der Waals surface area contributed by atoms with Crippen molar-refractivity contribution in [2.75, 3.05) is 0 Å². The van der Waals surface area contributed by atoms with Crippen LogP contribution in [0.15, 0.2) is 12.1 Å². The van der Waals surface area contributed by atoms with Gasteiger partial charge in [0.05, 0.1) is 0 Å². The fourth-order valence-corrected chi connectivity index (χ4v) is 1.25. The summed E-state index contributed by atoms with van der Waals surface area (Å²) in [5.41, 5.74) is 3.03. The van der Waals surface area contributed by atoms with E-state index < -0.39 is 0 Å². The maximum absolute atomic E-state index is 12.9. The van der Waals surface area contributed by atoms with Crippen molar-refractivity contribution in [1.82, 2.24) is 0 Å². The van der Waals surface area contributed by atoms with Gasteiger partial charge in [0.1, 0.15) is 5.82 Å². The van der Waals surface area contributed by atoms with E-state index in [1.807, 2.05) is 33.8 Å². The fraction of sp³-hybridized carbons (Fsp3) is 0.500. The Morgan fingerprint density at radius 3 is 2.08 bits per heavy atom. The maximum Gasteiger partial charge on any atom is 0.126 e. The Hall–Kier alpha value is -0.850. The Kier molecular flexibility index (Phi) is 5.36. The molecule has 0 aliphatic rings. The molecule has 0 fully saturated rings. The molecule has 0 atom stereocenters. The van der Waals surface area contributed by atoms with Crippen molar-refractivity contribution in [2.24, 2.45) is 0 Å². The van der Waals surface area contributed by atoms with E-state index in [4.69, 9.17) is 0 Å². The Bertz CT molecular complexity index is 264. The molecule has 0 amide bonds. The van der Waals surface area contributed by atoms with Crippen LogP contribution >= 0.6 is 0 Å². The van der Waals surface area contributed by atoms with E-state index in [1.54, 1.807) is 13.0 Å². The first-order valence-electron chi connectivity index (χ1n) is 4.90. The van der Waals surface area contributed by atoms with Gasteiger partial charge in [-0.3, -0.25) is 0 Å². The van der Waals surface area contributed by atoms with E-state index in [2.05, 4.69) is 0 Å². The summed E-state index contributed by atoms with van der Waals surface area (Å²) in [7, 11) is 0. The molecule has 0 bridgehead atoms. The number of benzene rings is 1. The molecule has 0 saturated heterocycles. The number of hydrogen-bond acceptors (Lipinski definition) is 0. The van der Waals surface area contributed by atoms with Crippen LogP contribution < -0.4 is 0 Å².